The number of hydrogen-bond donors (Lipinski definition) is 3. The predicted octanol–water partition coefficient (Wildman–Crippen LogP) is -0.229. The zero-order chi connectivity index (χ0) is 13.8. The fraction of sp³-hybridized carbons (Fsp3) is 0.750. The molecule has 106 valence electrons. The molecule has 2 fully saturated rings. The Bertz CT molecular complexity index is 381. The van der Waals surface area contributed by atoms with Gasteiger partial charge in [-0.1, -0.05) is 19.3 Å². The van der Waals surface area contributed by atoms with E-state index in [1.54, 1.807) is 0 Å². The Hall–Kier alpha value is -1.79. The zero-order valence-electron chi connectivity index (χ0n) is 10.7. The molecule has 0 aromatic rings. The summed E-state index contributed by atoms with van der Waals surface area (Å²) in [6.07, 6.45) is 4.59. The van der Waals surface area contributed by atoms with Crippen LogP contribution in [0.2, 0.25) is 0 Å². The fourth-order valence-corrected chi connectivity index (χ4v) is 2.34. The van der Waals surface area contributed by atoms with Gasteiger partial charge in [-0.05, 0) is 12.3 Å². The molecule has 7 heteroatoms. The summed E-state index contributed by atoms with van der Waals surface area (Å²) in [5.74, 6) is -0.749. The van der Waals surface area contributed by atoms with Crippen LogP contribution < -0.4 is 10.6 Å². The molecule has 0 aromatic heterocycles. The number of carbonyl (C=O) groups is 3. The molecule has 1 unspecified atom stereocenters. The molecular weight excluding hydrogens is 250 g/mol. The molecule has 3 N–H and O–H groups in total. The molecule has 1 aliphatic carbocycles. The Kier molecular flexibility index (Phi) is 4.24. The van der Waals surface area contributed by atoms with Crippen molar-refractivity contribution in [1.29, 1.82) is 0 Å². The van der Waals surface area contributed by atoms with E-state index < -0.39 is 18.0 Å². The molecule has 0 spiro atoms. The topological polar surface area (TPSA) is 98.7 Å². The SMILES string of the molecule is O=C1CN(C(=O)NCCC2CCC2)C(C(=O)O)CN1. The number of aliphatic carboxylic acids is 1. The number of amides is 3. The van der Waals surface area contributed by atoms with E-state index >= 15 is 0 Å². The quantitative estimate of drug-likeness (QED) is 0.656. The maximum absolute atomic E-state index is 11.9. The van der Waals surface area contributed by atoms with E-state index in [4.69, 9.17) is 5.11 Å². The van der Waals surface area contributed by atoms with Gasteiger partial charge in [0, 0.05) is 13.1 Å². The molecule has 2 aliphatic rings. The summed E-state index contributed by atoms with van der Waals surface area (Å²) < 4.78 is 0. The lowest BCUT2D eigenvalue weighted by Gasteiger charge is -2.33. The van der Waals surface area contributed by atoms with Gasteiger partial charge in [0.15, 0.2) is 0 Å². The molecule has 1 saturated carbocycles. The van der Waals surface area contributed by atoms with Crippen LogP contribution in [-0.2, 0) is 9.59 Å². The van der Waals surface area contributed by atoms with Crippen molar-refractivity contribution in [3.8, 4) is 0 Å². The molecule has 3 amide bonds. The fourth-order valence-electron chi connectivity index (χ4n) is 2.34. The van der Waals surface area contributed by atoms with Crippen LogP contribution in [0.25, 0.3) is 0 Å². The molecule has 19 heavy (non-hydrogen) atoms. The summed E-state index contributed by atoms with van der Waals surface area (Å²) in [6.45, 7) is 0.296. The number of hydrogen-bond acceptors (Lipinski definition) is 3. The summed E-state index contributed by atoms with van der Waals surface area (Å²) in [7, 11) is 0. The Labute approximate surface area is 111 Å². The first kappa shape index (κ1) is 13.6. The predicted molar refractivity (Wildman–Crippen MR) is 66.5 cm³/mol. The van der Waals surface area contributed by atoms with Crippen LogP contribution in [0.1, 0.15) is 25.7 Å². The van der Waals surface area contributed by atoms with E-state index in [0.29, 0.717) is 12.5 Å². The van der Waals surface area contributed by atoms with Crippen molar-refractivity contribution in [3.05, 3.63) is 0 Å². The molecule has 0 aromatic carbocycles. The number of carboxylic acids is 1. The van der Waals surface area contributed by atoms with Gasteiger partial charge < -0.3 is 15.7 Å². The second-order valence-electron chi connectivity index (χ2n) is 5.10. The van der Waals surface area contributed by atoms with Gasteiger partial charge in [0.2, 0.25) is 5.91 Å². The van der Waals surface area contributed by atoms with Crippen molar-refractivity contribution in [3.63, 3.8) is 0 Å². The van der Waals surface area contributed by atoms with Crippen molar-refractivity contribution < 1.29 is 19.5 Å². The first-order chi connectivity index (χ1) is 9.08. The normalized spacial score (nSPS) is 23.5. The van der Waals surface area contributed by atoms with Crippen molar-refractivity contribution >= 4 is 17.9 Å². The summed E-state index contributed by atoms with van der Waals surface area (Å²) in [5, 5.41) is 14.2. The highest BCUT2D eigenvalue weighted by Crippen LogP contribution is 2.28. The van der Waals surface area contributed by atoms with Gasteiger partial charge in [0.05, 0.1) is 0 Å². The molecule has 0 bridgehead atoms. The monoisotopic (exact) mass is 269 g/mol. The number of urea groups is 1. The van der Waals surface area contributed by atoms with E-state index in [-0.39, 0.29) is 19.0 Å². The number of rotatable bonds is 4. The molecule has 0 radical (unpaired) electrons. The van der Waals surface area contributed by atoms with Gasteiger partial charge in [0.25, 0.3) is 0 Å². The first-order valence-corrected chi connectivity index (χ1v) is 6.62. The second-order valence-corrected chi connectivity index (χ2v) is 5.10. The van der Waals surface area contributed by atoms with E-state index in [2.05, 4.69) is 10.6 Å². The third kappa shape index (κ3) is 3.36. The third-order valence-corrected chi connectivity index (χ3v) is 3.78. The molecule has 2 rings (SSSR count). The second kappa shape index (κ2) is 5.90. The van der Waals surface area contributed by atoms with Crippen molar-refractivity contribution in [2.45, 2.75) is 31.7 Å². The Balaban J connectivity index is 1.83. The lowest BCUT2D eigenvalue weighted by atomic mass is 9.83. The summed E-state index contributed by atoms with van der Waals surface area (Å²) in [6, 6.07) is -1.46. The van der Waals surface area contributed by atoms with Crippen LogP contribution in [0.3, 0.4) is 0 Å². The first-order valence-electron chi connectivity index (χ1n) is 6.62. The number of carboxylic acid groups (broad SMARTS) is 1. The molecule has 1 aliphatic heterocycles. The van der Waals surface area contributed by atoms with Crippen molar-refractivity contribution in [1.82, 2.24) is 15.5 Å². The summed E-state index contributed by atoms with van der Waals surface area (Å²) >= 11 is 0. The molecule has 1 heterocycles. The number of carbonyl (C=O) groups excluding carboxylic acids is 2. The van der Waals surface area contributed by atoms with Gasteiger partial charge in [0.1, 0.15) is 12.6 Å². The Morgan fingerprint density at radius 3 is 2.74 bits per heavy atom. The molecule has 1 saturated heterocycles. The highest BCUT2D eigenvalue weighted by atomic mass is 16.4. The van der Waals surface area contributed by atoms with E-state index in [0.717, 1.165) is 11.3 Å². The van der Waals surface area contributed by atoms with Gasteiger partial charge in [-0.25, -0.2) is 9.59 Å². The molecular formula is C12H19N3O4. The summed E-state index contributed by atoms with van der Waals surface area (Å²) in [5.41, 5.74) is 0. The van der Waals surface area contributed by atoms with Gasteiger partial charge >= 0.3 is 12.0 Å². The molecule has 7 nitrogen and oxygen atoms in total. The highest BCUT2D eigenvalue weighted by molar-refractivity contribution is 5.90. The van der Waals surface area contributed by atoms with Gasteiger partial charge in [-0.15, -0.1) is 0 Å². The number of nitrogens with zero attached hydrogens (tertiary/aromatic N) is 1. The Morgan fingerprint density at radius 2 is 2.16 bits per heavy atom. The smallest absolute Gasteiger partial charge is 0.328 e. The van der Waals surface area contributed by atoms with Crippen LogP contribution in [0.15, 0.2) is 0 Å². The van der Waals surface area contributed by atoms with Crippen LogP contribution in [0.4, 0.5) is 4.79 Å². The van der Waals surface area contributed by atoms with E-state index in [1.165, 1.54) is 19.3 Å². The lowest BCUT2D eigenvalue weighted by Crippen LogP contribution is -2.61. The highest BCUT2D eigenvalue weighted by Gasteiger charge is 2.35. The average Bonchev–Trinajstić information content (AvgIpc) is 2.31. The van der Waals surface area contributed by atoms with Crippen molar-refractivity contribution in [2.24, 2.45) is 5.92 Å². The zero-order valence-corrected chi connectivity index (χ0v) is 10.7. The minimum Gasteiger partial charge on any atom is -0.480 e. The average molecular weight is 269 g/mol. The van der Waals surface area contributed by atoms with E-state index in [1.807, 2.05) is 0 Å². The van der Waals surface area contributed by atoms with Crippen LogP contribution in [0.5, 0.6) is 0 Å². The maximum atomic E-state index is 11.9. The Morgan fingerprint density at radius 1 is 1.42 bits per heavy atom. The minimum absolute atomic E-state index is 0.0375. The van der Waals surface area contributed by atoms with Crippen LogP contribution in [0, 0.1) is 5.92 Å². The molecule has 1 atom stereocenters. The van der Waals surface area contributed by atoms with Gasteiger partial charge in [-0.3, -0.25) is 9.69 Å². The number of piperazine rings is 1. The van der Waals surface area contributed by atoms with E-state index in [9.17, 15) is 14.4 Å². The lowest BCUT2D eigenvalue weighted by molar-refractivity contribution is -0.144. The standard InChI is InChI=1S/C12H19N3O4/c16-10-7-15(9(6-14-10)11(17)18)12(19)13-5-4-8-2-1-3-8/h8-9H,1-7H2,(H,13,19)(H,14,16)(H,17,18). The van der Waals surface area contributed by atoms with Gasteiger partial charge in [-0.2, -0.15) is 0 Å². The summed E-state index contributed by atoms with van der Waals surface area (Å²) in [4.78, 5) is 35.3. The van der Waals surface area contributed by atoms with Crippen molar-refractivity contribution in [2.75, 3.05) is 19.6 Å². The number of nitrogens with one attached hydrogen (secondary N) is 2. The van der Waals surface area contributed by atoms with Crippen LogP contribution in [-0.4, -0.2) is 53.6 Å². The minimum atomic E-state index is -1.10. The maximum Gasteiger partial charge on any atom is 0.328 e. The van der Waals surface area contributed by atoms with Crippen LogP contribution >= 0.6 is 0 Å². The largest absolute Gasteiger partial charge is 0.480 e. The third-order valence-electron chi connectivity index (χ3n) is 3.78.